The molecule has 0 aliphatic heterocycles. The van der Waals surface area contributed by atoms with Gasteiger partial charge >= 0.3 is 0 Å². The van der Waals surface area contributed by atoms with Gasteiger partial charge in [-0.05, 0) is 12.8 Å². The van der Waals surface area contributed by atoms with E-state index in [1.54, 1.807) is 0 Å². The summed E-state index contributed by atoms with van der Waals surface area (Å²) in [5.74, 6) is 0.0439. The summed E-state index contributed by atoms with van der Waals surface area (Å²) in [5, 5.41) is 0. The molecule has 0 rings (SSSR count). The summed E-state index contributed by atoms with van der Waals surface area (Å²) in [6.45, 7) is 4.42. The van der Waals surface area contributed by atoms with Crippen LogP contribution in [0, 0.1) is 5.92 Å². The number of rotatable bonds is 12. The molecule has 0 aromatic rings. The van der Waals surface area contributed by atoms with Gasteiger partial charge in [0.05, 0.1) is 0 Å². The molecule has 1 unspecified atom stereocenters. The Morgan fingerprint density at radius 2 is 1.24 bits per heavy atom. The van der Waals surface area contributed by atoms with Crippen molar-refractivity contribution in [1.82, 2.24) is 0 Å². The Hall–Kier alpha value is -0.530. The minimum atomic E-state index is -0.0883. The van der Waals surface area contributed by atoms with Crippen molar-refractivity contribution in [3.63, 3.8) is 0 Å². The Bertz CT molecular complexity index is 180. The zero-order valence-electron chi connectivity index (χ0n) is 11.8. The van der Waals surface area contributed by atoms with E-state index in [2.05, 4.69) is 13.8 Å². The molecule has 0 radical (unpaired) electrons. The summed E-state index contributed by atoms with van der Waals surface area (Å²) in [5.41, 5.74) is 5.44. The first-order chi connectivity index (χ1) is 8.22. The molecule has 0 bridgehead atoms. The van der Waals surface area contributed by atoms with E-state index >= 15 is 0 Å². The van der Waals surface area contributed by atoms with Crippen molar-refractivity contribution < 1.29 is 4.79 Å². The summed E-state index contributed by atoms with van der Waals surface area (Å²) < 4.78 is 0. The van der Waals surface area contributed by atoms with Crippen LogP contribution in [0.15, 0.2) is 0 Å². The molecule has 0 heterocycles. The summed E-state index contributed by atoms with van der Waals surface area (Å²) in [6.07, 6.45) is 13.3. The van der Waals surface area contributed by atoms with Gasteiger partial charge in [-0.1, -0.05) is 71.6 Å². The topological polar surface area (TPSA) is 43.1 Å². The molecule has 17 heavy (non-hydrogen) atoms. The standard InChI is InChI=1S/C15H31NO/c1-3-5-7-8-9-11-13-14(15(16)17)12-10-6-4-2/h14H,3-13H2,1-2H3,(H2,16,17). The van der Waals surface area contributed by atoms with E-state index in [1.165, 1.54) is 51.4 Å². The highest BCUT2D eigenvalue weighted by molar-refractivity contribution is 5.76. The lowest BCUT2D eigenvalue weighted by Gasteiger charge is -2.12. The lowest BCUT2D eigenvalue weighted by molar-refractivity contribution is -0.122. The normalized spacial score (nSPS) is 12.6. The van der Waals surface area contributed by atoms with Crippen LogP contribution in [0.2, 0.25) is 0 Å². The second-order valence-electron chi connectivity index (χ2n) is 5.15. The number of carbonyl (C=O) groups is 1. The molecule has 0 aliphatic rings. The highest BCUT2D eigenvalue weighted by Crippen LogP contribution is 2.18. The van der Waals surface area contributed by atoms with Gasteiger partial charge < -0.3 is 5.73 Å². The van der Waals surface area contributed by atoms with Gasteiger partial charge in [-0.15, -0.1) is 0 Å². The number of nitrogens with two attached hydrogens (primary N) is 1. The zero-order chi connectivity index (χ0) is 12.9. The van der Waals surface area contributed by atoms with Crippen molar-refractivity contribution in [3.05, 3.63) is 0 Å². The van der Waals surface area contributed by atoms with Crippen LogP contribution in [0.3, 0.4) is 0 Å². The largest absolute Gasteiger partial charge is 0.369 e. The van der Waals surface area contributed by atoms with Crippen LogP contribution >= 0.6 is 0 Å². The number of hydrogen-bond donors (Lipinski definition) is 1. The quantitative estimate of drug-likeness (QED) is 0.505. The van der Waals surface area contributed by atoms with Crippen LogP contribution in [-0.4, -0.2) is 5.91 Å². The summed E-state index contributed by atoms with van der Waals surface area (Å²) in [4.78, 5) is 11.3. The molecule has 2 heteroatoms. The molecular formula is C15H31NO. The van der Waals surface area contributed by atoms with E-state index in [-0.39, 0.29) is 11.8 Å². The Labute approximate surface area is 107 Å². The van der Waals surface area contributed by atoms with Gasteiger partial charge in [-0.3, -0.25) is 4.79 Å². The van der Waals surface area contributed by atoms with Crippen LogP contribution in [0.1, 0.15) is 84.5 Å². The van der Waals surface area contributed by atoms with E-state index in [9.17, 15) is 4.79 Å². The summed E-state index contributed by atoms with van der Waals surface area (Å²) >= 11 is 0. The molecule has 0 aromatic heterocycles. The number of unbranched alkanes of at least 4 members (excludes halogenated alkanes) is 7. The van der Waals surface area contributed by atoms with Gasteiger partial charge in [-0.2, -0.15) is 0 Å². The molecule has 1 atom stereocenters. The third-order valence-electron chi connectivity index (χ3n) is 3.46. The number of primary amides is 1. The van der Waals surface area contributed by atoms with Crippen LogP contribution in [0.5, 0.6) is 0 Å². The number of carbonyl (C=O) groups excluding carboxylic acids is 1. The highest BCUT2D eigenvalue weighted by Gasteiger charge is 2.13. The van der Waals surface area contributed by atoms with Crippen LogP contribution in [0.25, 0.3) is 0 Å². The minimum Gasteiger partial charge on any atom is -0.369 e. The molecule has 102 valence electrons. The average Bonchev–Trinajstić information content (AvgIpc) is 2.31. The van der Waals surface area contributed by atoms with E-state index in [4.69, 9.17) is 5.73 Å². The van der Waals surface area contributed by atoms with Gasteiger partial charge in [0, 0.05) is 5.92 Å². The Morgan fingerprint density at radius 3 is 1.76 bits per heavy atom. The molecule has 2 N–H and O–H groups in total. The Balaban J connectivity index is 3.52. The van der Waals surface area contributed by atoms with Crippen molar-refractivity contribution >= 4 is 5.91 Å². The molecule has 0 aromatic carbocycles. The number of amides is 1. The lowest BCUT2D eigenvalue weighted by Crippen LogP contribution is -2.23. The molecular weight excluding hydrogens is 210 g/mol. The lowest BCUT2D eigenvalue weighted by atomic mass is 9.94. The molecule has 2 nitrogen and oxygen atoms in total. The predicted molar refractivity (Wildman–Crippen MR) is 74.8 cm³/mol. The van der Waals surface area contributed by atoms with E-state index < -0.39 is 0 Å². The zero-order valence-corrected chi connectivity index (χ0v) is 11.8. The maximum atomic E-state index is 11.3. The van der Waals surface area contributed by atoms with Crippen molar-refractivity contribution in [1.29, 1.82) is 0 Å². The van der Waals surface area contributed by atoms with Crippen molar-refractivity contribution in [2.45, 2.75) is 84.5 Å². The molecule has 0 saturated carbocycles. The van der Waals surface area contributed by atoms with Crippen molar-refractivity contribution in [2.24, 2.45) is 11.7 Å². The van der Waals surface area contributed by atoms with Crippen molar-refractivity contribution in [2.75, 3.05) is 0 Å². The van der Waals surface area contributed by atoms with E-state index in [0.717, 1.165) is 19.3 Å². The van der Waals surface area contributed by atoms with Gasteiger partial charge in [0.1, 0.15) is 0 Å². The first-order valence-corrected chi connectivity index (χ1v) is 7.51. The summed E-state index contributed by atoms with van der Waals surface area (Å²) in [7, 11) is 0. The van der Waals surface area contributed by atoms with Crippen LogP contribution in [0.4, 0.5) is 0 Å². The fourth-order valence-electron chi connectivity index (χ4n) is 2.24. The molecule has 0 spiro atoms. The maximum Gasteiger partial charge on any atom is 0.220 e. The van der Waals surface area contributed by atoms with Gasteiger partial charge in [0.25, 0.3) is 0 Å². The SMILES string of the molecule is CCCCCCCCC(CCCCC)C(N)=O. The molecule has 0 saturated heterocycles. The third-order valence-corrected chi connectivity index (χ3v) is 3.46. The molecule has 0 aliphatic carbocycles. The minimum absolute atomic E-state index is 0.0883. The van der Waals surface area contributed by atoms with Gasteiger partial charge in [-0.25, -0.2) is 0 Å². The second-order valence-corrected chi connectivity index (χ2v) is 5.15. The molecule has 0 fully saturated rings. The third kappa shape index (κ3) is 10.3. The Kier molecular flexibility index (Phi) is 11.6. The van der Waals surface area contributed by atoms with Crippen molar-refractivity contribution in [3.8, 4) is 0 Å². The fourth-order valence-corrected chi connectivity index (χ4v) is 2.24. The van der Waals surface area contributed by atoms with E-state index in [0.29, 0.717) is 0 Å². The predicted octanol–water partition coefficient (Wildman–Crippen LogP) is 4.42. The monoisotopic (exact) mass is 241 g/mol. The first kappa shape index (κ1) is 16.5. The first-order valence-electron chi connectivity index (χ1n) is 7.51. The molecule has 1 amide bonds. The highest BCUT2D eigenvalue weighted by atomic mass is 16.1. The smallest absolute Gasteiger partial charge is 0.220 e. The number of hydrogen-bond acceptors (Lipinski definition) is 1. The summed E-state index contributed by atoms with van der Waals surface area (Å²) in [6, 6.07) is 0. The van der Waals surface area contributed by atoms with E-state index in [1.807, 2.05) is 0 Å². The van der Waals surface area contributed by atoms with Crippen LogP contribution in [-0.2, 0) is 4.79 Å². The Morgan fingerprint density at radius 1 is 0.824 bits per heavy atom. The van der Waals surface area contributed by atoms with Gasteiger partial charge in [0.15, 0.2) is 0 Å². The second kappa shape index (κ2) is 11.9. The van der Waals surface area contributed by atoms with Gasteiger partial charge in [0.2, 0.25) is 5.91 Å². The van der Waals surface area contributed by atoms with Crippen LogP contribution < -0.4 is 5.73 Å². The fraction of sp³-hybridized carbons (Fsp3) is 0.933. The average molecular weight is 241 g/mol. The maximum absolute atomic E-state index is 11.3.